The third kappa shape index (κ3) is 56.5. The van der Waals surface area contributed by atoms with Crippen LogP contribution in [0.4, 0.5) is 0 Å². The minimum absolute atomic E-state index is 0. The van der Waals surface area contributed by atoms with E-state index in [1.54, 1.807) is 0 Å². The van der Waals surface area contributed by atoms with Gasteiger partial charge in [-0.1, -0.05) is 0 Å². The molecule has 1 N–H and O–H groups in total. The minimum Gasteiger partial charge on any atom is -0.491 e. The Kier molecular flexibility index (Phi) is 177. The summed E-state index contributed by atoms with van der Waals surface area (Å²) < 4.78 is 6.03. The van der Waals surface area contributed by atoms with E-state index in [1.165, 1.54) is 0 Å². The molecule has 0 amide bonds. The predicted octanol–water partition coefficient (Wildman–Crippen LogP) is -0.891. The maximum atomic E-state index is 7.61. The van der Waals surface area contributed by atoms with E-state index in [4.69, 9.17) is 6.36 Å². The number of rotatable bonds is 0. The quantitative estimate of drug-likeness (QED) is 0.247. The van der Waals surface area contributed by atoms with Gasteiger partial charge in [0, 0.05) is 105 Å². The molecular weight excluding hydrogens is 958 g/mol. The molecule has 0 saturated heterocycles. The first-order valence-corrected chi connectivity index (χ1v) is 0.666. The van der Waals surface area contributed by atoms with E-state index in [1.807, 2.05) is 0 Å². The molecule has 0 bridgehead atoms. The third-order valence-electron chi connectivity index (χ3n) is 0. The van der Waals surface area contributed by atoms with Crippen molar-refractivity contribution in [3.05, 3.63) is 6.82 Å². The minimum atomic E-state index is -1.17. The van der Waals surface area contributed by atoms with Gasteiger partial charge in [0.2, 0.25) is 0 Å². The molecule has 7 heteroatoms. The number of hydrogen-bond donors (Lipinski definition) is 1. The van der Waals surface area contributed by atoms with Gasteiger partial charge in [0.25, 0.3) is 0 Å². The summed E-state index contributed by atoms with van der Waals surface area (Å²) in [5.41, 5.74) is 0. The zero-order valence-electron chi connectivity index (χ0n) is 4.77. The maximum Gasteiger partial charge on any atom is 0.0990 e. The van der Waals surface area contributed by atoms with Gasteiger partial charge in [0.1, 0.15) is 0 Å². The van der Waals surface area contributed by atoms with Gasteiger partial charge in [0.05, 0.1) is 7.45 Å². The molecule has 0 fully saturated rings. The van der Waals surface area contributed by atoms with Crippen molar-refractivity contribution in [3.8, 4) is 0 Å². The van der Waals surface area contributed by atoms with Crippen LogP contribution in [0.25, 0.3) is 0 Å². The van der Waals surface area contributed by atoms with E-state index in [-0.39, 0.29) is 105 Å². The molecule has 8 heavy (non-hydrogen) atoms. The SMILES string of the molecule is [2H]B([CH2-])O.[W].[W].[W].[W].[W]. The van der Waals surface area contributed by atoms with Crippen LogP contribution in [0.2, 0.25) is 0 Å². The van der Waals surface area contributed by atoms with Crippen LogP contribution in [-0.2, 0) is 105 Å². The molecule has 0 atom stereocenters. The van der Waals surface area contributed by atoms with Crippen LogP contribution in [0.3, 0.4) is 0 Å². The summed E-state index contributed by atoms with van der Waals surface area (Å²) in [4.78, 5) is 0. The van der Waals surface area contributed by atoms with E-state index >= 15 is 0 Å². The molecule has 0 saturated carbocycles. The van der Waals surface area contributed by atoms with Gasteiger partial charge in [-0.3, -0.25) is 0 Å². The molecule has 0 aliphatic carbocycles. The fourth-order valence-electron chi connectivity index (χ4n) is 0. The molecular formula is CH4BOW5-. The topological polar surface area (TPSA) is 20.2 Å². The monoisotopic (exact) mass is 964 g/mol. The molecule has 0 aromatic carbocycles. The summed E-state index contributed by atoms with van der Waals surface area (Å²) in [6, 6.07) is 0. The zero-order chi connectivity index (χ0) is 3.58. The van der Waals surface area contributed by atoms with E-state index in [0.29, 0.717) is 0 Å². The fraction of sp³-hybridized carbons (Fsp3) is 0. The van der Waals surface area contributed by atoms with E-state index in [9.17, 15) is 0 Å². The van der Waals surface area contributed by atoms with Crippen LogP contribution in [0.1, 0.15) is 0 Å². The van der Waals surface area contributed by atoms with Crippen LogP contribution < -0.4 is 0 Å². The van der Waals surface area contributed by atoms with Crippen molar-refractivity contribution in [2.75, 3.05) is 0 Å². The Hall–Kier alpha value is 3.47. The largest absolute Gasteiger partial charge is 0.491 e. The van der Waals surface area contributed by atoms with Crippen LogP contribution in [0.15, 0.2) is 0 Å². The Bertz CT molecular complexity index is 21.7. The predicted molar refractivity (Wildman–Crippen MR) is 14.7 cm³/mol. The van der Waals surface area contributed by atoms with Gasteiger partial charge >= 0.3 is 0 Å². The van der Waals surface area contributed by atoms with Crippen LogP contribution in [0.5, 0.6) is 0 Å². The summed E-state index contributed by atoms with van der Waals surface area (Å²) in [6.45, 7) is 2.86. The van der Waals surface area contributed by atoms with E-state index < -0.39 is 7.45 Å². The van der Waals surface area contributed by atoms with Gasteiger partial charge < -0.3 is 11.8 Å². The second-order valence-corrected chi connectivity index (χ2v) is 0.183. The van der Waals surface area contributed by atoms with Gasteiger partial charge in [0.15, 0.2) is 0 Å². The van der Waals surface area contributed by atoms with E-state index in [0.717, 1.165) is 0 Å². The van der Waals surface area contributed by atoms with Crippen LogP contribution in [0, 0.1) is 6.82 Å². The first-order chi connectivity index (χ1) is 1.73. The molecule has 0 heterocycles. The second-order valence-electron chi connectivity index (χ2n) is 0.183. The fourth-order valence-corrected chi connectivity index (χ4v) is 0. The summed E-state index contributed by atoms with van der Waals surface area (Å²) in [5.74, 6) is 0. The maximum absolute atomic E-state index is 7.61. The zero-order valence-corrected chi connectivity index (χ0v) is 18.4. The average Bonchev–Trinajstić information content (AvgIpc) is 0.811. The van der Waals surface area contributed by atoms with Gasteiger partial charge in [-0.2, -0.15) is 0 Å². The summed E-state index contributed by atoms with van der Waals surface area (Å²) in [5, 5.41) is 7.61. The van der Waals surface area contributed by atoms with Crippen molar-refractivity contribution in [1.82, 2.24) is 0 Å². The normalized spacial score (nSPS) is 3.50. The van der Waals surface area contributed by atoms with Gasteiger partial charge in [-0.15, -0.1) is 0 Å². The molecule has 1 nitrogen and oxygen atoms in total. The van der Waals surface area contributed by atoms with E-state index in [2.05, 4.69) is 6.82 Å². The Morgan fingerprint density at radius 2 is 1.12 bits per heavy atom. The molecule has 0 unspecified atom stereocenters. The first-order valence-electron chi connectivity index (χ1n) is 1.24. The summed E-state index contributed by atoms with van der Waals surface area (Å²) >= 11 is 0. The Morgan fingerprint density at radius 3 is 1.12 bits per heavy atom. The van der Waals surface area contributed by atoms with Crippen LogP contribution in [-0.4, -0.2) is 13.8 Å². The van der Waals surface area contributed by atoms with Crippen molar-refractivity contribution in [3.63, 3.8) is 0 Å². The smallest absolute Gasteiger partial charge is 0.0990 e. The van der Waals surface area contributed by atoms with Gasteiger partial charge in [-0.05, 0) is 1.34 Å². The molecule has 48 valence electrons. The molecule has 0 aromatic rings. The molecule has 0 aromatic heterocycles. The van der Waals surface area contributed by atoms with Crippen molar-refractivity contribution in [2.45, 2.75) is 0 Å². The Morgan fingerprint density at radius 1 is 1.12 bits per heavy atom. The summed E-state index contributed by atoms with van der Waals surface area (Å²) in [7, 11) is -1.17. The molecule has 0 spiro atoms. The number of hydrogen-bond acceptors (Lipinski definition) is 1. The molecule has 0 aliphatic rings. The van der Waals surface area contributed by atoms with Crippen molar-refractivity contribution < 1.29 is 110 Å². The van der Waals surface area contributed by atoms with Crippen LogP contribution >= 0.6 is 0 Å². The molecule has 0 rings (SSSR count). The van der Waals surface area contributed by atoms with Gasteiger partial charge in [-0.25, -0.2) is 0 Å². The summed E-state index contributed by atoms with van der Waals surface area (Å²) in [6.07, 6.45) is 0. The third-order valence-corrected chi connectivity index (χ3v) is 0. The van der Waals surface area contributed by atoms with Crippen molar-refractivity contribution in [2.24, 2.45) is 0 Å². The van der Waals surface area contributed by atoms with Crippen molar-refractivity contribution in [1.29, 1.82) is 1.34 Å². The molecule has 0 aliphatic heterocycles. The first kappa shape index (κ1) is 30.0. The second kappa shape index (κ2) is 47.0. The van der Waals surface area contributed by atoms with Crippen molar-refractivity contribution >= 4 is 7.45 Å². The Balaban J connectivity index is -0.00000000450. The Labute approximate surface area is 124 Å². The molecule has 0 radical (unpaired) electrons. The average molecular weight is 963 g/mol. The standard InChI is InChI=1S/CH4BO.5W/c1-2-3;;;;;/h2-3H,1H2;;;;;/q-1;;;;;/i2D;;;;;.